The minimum Gasteiger partial charge on any atom is -0.497 e. The zero-order chi connectivity index (χ0) is 16.6. The fourth-order valence-electron chi connectivity index (χ4n) is 3.77. The van der Waals surface area contributed by atoms with Gasteiger partial charge >= 0.3 is 0 Å². The summed E-state index contributed by atoms with van der Waals surface area (Å²) in [7, 11) is 1.65. The number of ether oxygens (including phenoxy) is 3. The molecule has 0 radical (unpaired) electrons. The lowest BCUT2D eigenvalue weighted by molar-refractivity contribution is -0.173. The number of methoxy groups -OCH3 is 1. The molecule has 2 aliphatic rings. The SMILES string of the molecule is COc1ccc2c(c1)CC2(C#N)CCC1(c2ccoc2)OCCO1. The molecule has 1 aliphatic heterocycles. The van der Waals surface area contributed by atoms with E-state index >= 15 is 0 Å². The molecule has 1 aromatic heterocycles. The van der Waals surface area contributed by atoms with E-state index in [0.717, 1.165) is 23.3 Å². The third-order valence-corrected chi connectivity index (χ3v) is 5.13. The van der Waals surface area contributed by atoms with Crippen molar-refractivity contribution in [3.63, 3.8) is 0 Å². The van der Waals surface area contributed by atoms with E-state index in [1.165, 1.54) is 5.56 Å². The molecule has 2 heterocycles. The first-order valence-corrected chi connectivity index (χ1v) is 8.11. The Balaban J connectivity index is 1.57. The van der Waals surface area contributed by atoms with E-state index in [9.17, 15) is 5.26 Å². The molecular formula is C19H19NO4. The predicted octanol–water partition coefficient (Wildman–Crippen LogP) is 3.29. The van der Waals surface area contributed by atoms with E-state index in [2.05, 4.69) is 6.07 Å². The first-order chi connectivity index (χ1) is 11.7. The Morgan fingerprint density at radius 2 is 2.04 bits per heavy atom. The van der Waals surface area contributed by atoms with Crippen LogP contribution in [-0.4, -0.2) is 20.3 Å². The number of fused-ring (bicyclic) bond motifs is 1. The standard InChI is InChI=1S/C19H19NO4/c1-21-16-2-3-17-14(10-16)11-18(17,13-20)5-6-19(23-8-9-24-19)15-4-7-22-12-15/h2-4,7,10,12H,5-6,8-9,11H2,1H3. The summed E-state index contributed by atoms with van der Waals surface area (Å²) in [5.41, 5.74) is 2.67. The summed E-state index contributed by atoms with van der Waals surface area (Å²) < 4.78 is 22.3. The molecule has 1 fully saturated rings. The summed E-state index contributed by atoms with van der Waals surface area (Å²) >= 11 is 0. The second-order valence-electron chi connectivity index (χ2n) is 6.36. The molecule has 1 atom stereocenters. The monoisotopic (exact) mass is 325 g/mol. The molecule has 1 aliphatic carbocycles. The van der Waals surface area contributed by atoms with Gasteiger partial charge < -0.3 is 18.6 Å². The van der Waals surface area contributed by atoms with E-state index in [1.807, 2.05) is 24.3 Å². The summed E-state index contributed by atoms with van der Waals surface area (Å²) in [4.78, 5) is 0. The van der Waals surface area contributed by atoms with Crippen molar-refractivity contribution in [1.82, 2.24) is 0 Å². The predicted molar refractivity (Wildman–Crippen MR) is 85.5 cm³/mol. The Kier molecular flexibility index (Phi) is 3.60. The maximum Gasteiger partial charge on any atom is 0.198 e. The maximum atomic E-state index is 9.82. The molecule has 124 valence electrons. The van der Waals surface area contributed by atoms with Gasteiger partial charge in [-0.15, -0.1) is 0 Å². The summed E-state index contributed by atoms with van der Waals surface area (Å²) in [6.45, 7) is 1.11. The Labute approximate surface area is 140 Å². The fourth-order valence-corrected chi connectivity index (χ4v) is 3.77. The number of hydrogen-bond acceptors (Lipinski definition) is 5. The van der Waals surface area contributed by atoms with Crippen molar-refractivity contribution < 1.29 is 18.6 Å². The molecule has 0 bridgehead atoms. The lowest BCUT2D eigenvalue weighted by atomic mass is 9.62. The van der Waals surface area contributed by atoms with Crippen molar-refractivity contribution in [2.45, 2.75) is 30.5 Å². The van der Waals surface area contributed by atoms with Gasteiger partial charge in [0.05, 0.1) is 44.3 Å². The summed E-state index contributed by atoms with van der Waals surface area (Å²) in [6.07, 6.45) is 5.30. The van der Waals surface area contributed by atoms with Crippen LogP contribution in [0.5, 0.6) is 5.75 Å². The molecule has 1 unspecified atom stereocenters. The Morgan fingerprint density at radius 3 is 2.67 bits per heavy atom. The zero-order valence-corrected chi connectivity index (χ0v) is 13.6. The molecule has 0 N–H and O–H groups in total. The molecule has 0 amide bonds. The van der Waals surface area contributed by atoms with Crippen LogP contribution in [0.3, 0.4) is 0 Å². The van der Waals surface area contributed by atoms with Gasteiger partial charge in [-0.2, -0.15) is 5.26 Å². The highest BCUT2D eigenvalue weighted by molar-refractivity contribution is 5.53. The van der Waals surface area contributed by atoms with Crippen LogP contribution in [0.25, 0.3) is 0 Å². The van der Waals surface area contributed by atoms with Crippen molar-refractivity contribution in [2.24, 2.45) is 0 Å². The molecular weight excluding hydrogens is 306 g/mol. The molecule has 5 nitrogen and oxygen atoms in total. The number of nitriles is 1. The molecule has 1 saturated heterocycles. The van der Waals surface area contributed by atoms with Crippen LogP contribution < -0.4 is 4.74 Å². The molecule has 4 rings (SSSR count). The molecule has 24 heavy (non-hydrogen) atoms. The highest BCUT2D eigenvalue weighted by Crippen LogP contribution is 2.48. The quantitative estimate of drug-likeness (QED) is 0.844. The minimum absolute atomic E-state index is 0.479. The first-order valence-electron chi connectivity index (χ1n) is 8.11. The highest BCUT2D eigenvalue weighted by Gasteiger charge is 2.47. The third kappa shape index (κ3) is 2.22. The largest absolute Gasteiger partial charge is 0.497 e. The van der Waals surface area contributed by atoms with Crippen LogP contribution in [0, 0.1) is 11.3 Å². The smallest absolute Gasteiger partial charge is 0.198 e. The van der Waals surface area contributed by atoms with Crippen LogP contribution in [-0.2, 0) is 27.1 Å². The maximum absolute atomic E-state index is 9.82. The van der Waals surface area contributed by atoms with E-state index < -0.39 is 11.2 Å². The average molecular weight is 325 g/mol. The van der Waals surface area contributed by atoms with Gasteiger partial charge in [0.2, 0.25) is 0 Å². The van der Waals surface area contributed by atoms with Crippen LogP contribution in [0.1, 0.15) is 29.5 Å². The van der Waals surface area contributed by atoms with Crippen LogP contribution in [0.2, 0.25) is 0 Å². The number of benzene rings is 1. The van der Waals surface area contributed by atoms with E-state index in [1.54, 1.807) is 19.6 Å². The topological polar surface area (TPSA) is 64.6 Å². The van der Waals surface area contributed by atoms with Crippen molar-refractivity contribution >= 4 is 0 Å². The first kappa shape index (κ1) is 15.3. The summed E-state index contributed by atoms with van der Waals surface area (Å²) in [6, 6.07) is 10.3. The van der Waals surface area contributed by atoms with Crippen molar-refractivity contribution in [1.29, 1.82) is 5.26 Å². The second-order valence-corrected chi connectivity index (χ2v) is 6.36. The number of hydrogen-bond donors (Lipinski definition) is 0. The Hall–Kier alpha value is -2.29. The summed E-state index contributed by atoms with van der Waals surface area (Å²) in [5, 5.41) is 9.82. The Bertz CT molecular complexity index is 771. The van der Waals surface area contributed by atoms with E-state index in [-0.39, 0.29) is 0 Å². The van der Waals surface area contributed by atoms with Gasteiger partial charge in [-0.25, -0.2) is 0 Å². The average Bonchev–Trinajstić information content (AvgIpc) is 3.28. The van der Waals surface area contributed by atoms with E-state index in [4.69, 9.17) is 18.6 Å². The van der Waals surface area contributed by atoms with E-state index in [0.29, 0.717) is 26.1 Å². The van der Waals surface area contributed by atoms with Crippen LogP contribution >= 0.6 is 0 Å². The number of furan rings is 1. The second kappa shape index (κ2) is 5.66. The normalized spacial score (nSPS) is 24.0. The number of rotatable bonds is 5. The molecule has 1 aromatic carbocycles. The lowest BCUT2D eigenvalue weighted by Gasteiger charge is -2.40. The lowest BCUT2D eigenvalue weighted by Crippen LogP contribution is -2.40. The number of nitrogens with zero attached hydrogens (tertiary/aromatic N) is 1. The van der Waals surface area contributed by atoms with Gasteiger partial charge in [0.15, 0.2) is 5.79 Å². The van der Waals surface area contributed by atoms with Crippen LogP contribution in [0.15, 0.2) is 41.2 Å². The van der Waals surface area contributed by atoms with Gasteiger partial charge in [-0.05, 0) is 42.2 Å². The third-order valence-electron chi connectivity index (χ3n) is 5.13. The highest BCUT2D eigenvalue weighted by atomic mass is 16.7. The van der Waals surface area contributed by atoms with Crippen molar-refractivity contribution in [3.8, 4) is 11.8 Å². The zero-order valence-electron chi connectivity index (χ0n) is 13.6. The molecule has 0 spiro atoms. The fraction of sp³-hybridized carbons (Fsp3) is 0.421. The van der Waals surface area contributed by atoms with Gasteiger partial charge in [0, 0.05) is 12.0 Å². The van der Waals surface area contributed by atoms with Gasteiger partial charge in [-0.1, -0.05) is 6.07 Å². The Morgan fingerprint density at radius 1 is 1.21 bits per heavy atom. The minimum atomic E-state index is -0.793. The van der Waals surface area contributed by atoms with Crippen molar-refractivity contribution in [3.05, 3.63) is 53.5 Å². The van der Waals surface area contributed by atoms with Gasteiger partial charge in [0.25, 0.3) is 0 Å². The summed E-state index contributed by atoms with van der Waals surface area (Å²) in [5.74, 6) is 0.0385. The molecule has 5 heteroatoms. The van der Waals surface area contributed by atoms with Gasteiger partial charge in [-0.3, -0.25) is 0 Å². The van der Waals surface area contributed by atoms with Gasteiger partial charge in [0.1, 0.15) is 5.75 Å². The van der Waals surface area contributed by atoms with Crippen LogP contribution in [0.4, 0.5) is 0 Å². The molecule has 2 aromatic rings. The molecule has 0 saturated carbocycles. The van der Waals surface area contributed by atoms with Crippen molar-refractivity contribution in [2.75, 3.05) is 20.3 Å².